The topological polar surface area (TPSA) is 76.9 Å². The molecule has 116 valence electrons. The number of carbonyl (C=O) groups excluding carboxylic acids is 1. The van der Waals surface area contributed by atoms with Crippen LogP contribution in [0.25, 0.3) is 11.0 Å². The quantitative estimate of drug-likeness (QED) is 0.798. The number of fused-ring (bicyclic) bond motifs is 1. The molecule has 0 aliphatic heterocycles. The van der Waals surface area contributed by atoms with Gasteiger partial charge in [0.1, 0.15) is 24.5 Å². The van der Waals surface area contributed by atoms with Crippen molar-refractivity contribution in [2.75, 3.05) is 5.32 Å². The van der Waals surface area contributed by atoms with Crippen molar-refractivity contribution in [3.05, 3.63) is 64.8 Å². The minimum absolute atomic E-state index is 0.167. The molecule has 0 aliphatic rings. The molecule has 2 heterocycles. The van der Waals surface area contributed by atoms with Gasteiger partial charge in [-0.15, -0.1) is 0 Å². The lowest BCUT2D eigenvalue weighted by Gasteiger charge is -2.08. The molecule has 1 amide bonds. The van der Waals surface area contributed by atoms with E-state index in [0.29, 0.717) is 6.07 Å². The van der Waals surface area contributed by atoms with Crippen LogP contribution in [0.15, 0.2) is 47.7 Å². The van der Waals surface area contributed by atoms with Crippen molar-refractivity contribution in [2.24, 2.45) is 0 Å². The van der Waals surface area contributed by atoms with Gasteiger partial charge in [0.2, 0.25) is 5.91 Å². The predicted octanol–water partition coefficient (Wildman–Crippen LogP) is 1.71. The summed E-state index contributed by atoms with van der Waals surface area (Å²) in [6, 6.07) is 5.92. The van der Waals surface area contributed by atoms with Crippen LogP contribution in [0.2, 0.25) is 0 Å². The van der Waals surface area contributed by atoms with Gasteiger partial charge < -0.3 is 5.32 Å². The van der Waals surface area contributed by atoms with E-state index in [0.717, 1.165) is 16.7 Å². The van der Waals surface area contributed by atoms with Crippen LogP contribution in [0.4, 0.5) is 14.5 Å². The first-order chi connectivity index (χ1) is 11.0. The molecule has 2 aromatic heterocycles. The highest BCUT2D eigenvalue weighted by Gasteiger charge is 2.11. The fourth-order valence-corrected chi connectivity index (χ4v) is 2.05. The molecule has 0 unspecified atom stereocenters. The van der Waals surface area contributed by atoms with Gasteiger partial charge in [0.05, 0.1) is 11.1 Å². The Morgan fingerprint density at radius 2 is 2.04 bits per heavy atom. The molecule has 0 bridgehead atoms. The summed E-state index contributed by atoms with van der Waals surface area (Å²) in [6.45, 7) is -0.354. The monoisotopic (exact) mass is 316 g/mol. The van der Waals surface area contributed by atoms with Crippen LogP contribution in [0.1, 0.15) is 0 Å². The Kier molecular flexibility index (Phi) is 3.80. The molecule has 3 rings (SSSR count). The molecule has 0 saturated heterocycles. The Morgan fingerprint density at radius 1 is 1.22 bits per heavy atom. The minimum atomic E-state index is -0.897. The number of nitrogens with one attached hydrogen (secondary N) is 1. The molecule has 0 radical (unpaired) electrons. The molecule has 6 nitrogen and oxygen atoms in total. The van der Waals surface area contributed by atoms with Crippen LogP contribution < -0.4 is 10.9 Å². The Balaban J connectivity index is 1.83. The molecule has 3 aromatic rings. The van der Waals surface area contributed by atoms with Crippen LogP contribution in [-0.2, 0) is 11.3 Å². The van der Waals surface area contributed by atoms with E-state index in [1.54, 1.807) is 12.1 Å². The number of hydrogen-bond donors (Lipinski definition) is 1. The number of aromatic nitrogens is 3. The van der Waals surface area contributed by atoms with E-state index in [1.165, 1.54) is 12.5 Å². The second-order valence-corrected chi connectivity index (χ2v) is 4.72. The van der Waals surface area contributed by atoms with E-state index >= 15 is 0 Å². The summed E-state index contributed by atoms with van der Waals surface area (Å²) in [4.78, 5) is 32.1. The van der Waals surface area contributed by atoms with Gasteiger partial charge in [-0.05, 0) is 24.3 Å². The first kappa shape index (κ1) is 14.8. The summed E-state index contributed by atoms with van der Waals surface area (Å²) in [5.41, 5.74) is -0.323. The van der Waals surface area contributed by atoms with Crippen LogP contribution in [0, 0.1) is 11.6 Å². The number of rotatable bonds is 3. The SMILES string of the molecule is O=C(Cn1cnc2ncccc2c1=O)Nc1ccc(F)cc1F. The molecule has 0 aliphatic carbocycles. The summed E-state index contributed by atoms with van der Waals surface area (Å²) in [6.07, 6.45) is 2.70. The third kappa shape index (κ3) is 3.05. The van der Waals surface area contributed by atoms with E-state index < -0.39 is 23.1 Å². The van der Waals surface area contributed by atoms with Gasteiger partial charge in [-0.1, -0.05) is 0 Å². The summed E-state index contributed by atoms with van der Waals surface area (Å²) in [5, 5.41) is 2.55. The summed E-state index contributed by atoms with van der Waals surface area (Å²) in [7, 11) is 0. The third-order valence-corrected chi connectivity index (χ3v) is 3.12. The number of amides is 1. The van der Waals surface area contributed by atoms with Gasteiger partial charge in [0, 0.05) is 12.3 Å². The van der Waals surface area contributed by atoms with Gasteiger partial charge in [-0.25, -0.2) is 18.7 Å². The van der Waals surface area contributed by atoms with E-state index in [2.05, 4.69) is 15.3 Å². The average Bonchev–Trinajstić information content (AvgIpc) is 2.53. The number of benzene rings is 1. The zero-order valence-corrected chi connectivity index (χ0v) is 11.7. The number of halogens is 2. The second-order valence-electron chi connectivity index (χ2n) is 4.72. The largest absolute Gasteiger partial charge is 0.322 e. The number of pyridine rings is 1. The van der Waals surface area contributed by atoms with Crippen molar-refractivity contribution in [2.45, 2.75) is 6.54 Å². The highest BCUT2D eigenvalue weighted by atomic mass is 19.1. The summed E-state index contributed by atoms with van der Waals surface area (Å²) < 4.78 is 27.4. The maximum atomic E-state index is 13.5. The number of anilines is 1. The molecule has 23 heavy (non-hydrogen) atoms. The number of carbonyl (C=O) groups is 1. The van der Waals surface area contributed by atoms with Gasteiger partial charge in [0.15, 0.2) is 5.65 Å². The molecule has 8 heteroatoms. The fourth-order valence-electron chi connectivity index (χ4n) is 2.05. The molecule has 1 aromatic carbocycles. The van der Waals surface area contributed by atoms with E-state index in [-0.39, 0.29) is 23.3 Å². The van der Waals surface area contributed by atoms with Crippen molar-refractivity contribution in [1.29, 1.82) is 0 Å². The van der Waals surface area contributed by atoms with Crippen molar-refractivity contribution < 1.29 is 13.6 Å². The van der Waals surface area contributed by atoms with Gasteiger partial charge in [0.25, 0.3) is 5.56 Å². The van der Waals surface area contributed by atoms with Gasteiger partial charge in [-0.3, -0.25) is 14.2 Å². The Bertz CT molecular complexity index is 956. The lowest BCUT2D eigenvalue weighted by molar-refractivity contribution is -0.116. The first-order valence-electron chi connectivity index (χ1n) is 6.59. The van der Waals surface area contributed by atoms with Gasteiger partial charge >= 0.3 is 0 Å². The van der Waals surface area contributed by atoms with E-state index in [1.807, 2.05) is 0 Å². The minimum Gasteiger partial charge on any atom is -0.322 e. The van der Waals surface area contributed by atoms with Crippen molar-refractivity contribution in [3.8, 4) is 0 Å². The molecule has 0 saturated carbocycles. The predicted molar refractivity (Wildman–Crippen MR) is 78.8 cm³/mol. The maximum absolute atomic E-state index is 13.5. The van der Waals surface area contributed by atoms with E-state index in [9.17, 15) is 18.4 Å². The van der Waals surface area contributed by atoms with Crippen LogP contribution in [0.3, 0.4) is 0 Å². The van der Waals surface area contributed by atoms with Crippen molar-refractivity contribution in [3.63, 3.8) is 0 Å². The zero-order valence-electron chi connectivity index (χ0n) is 11.7. The third-order valence-electron chi connectivity index (χ3n) is 3.12. The highest BCUT2D eigenvalue weighted by molar-refractivity contribution is 5.90. The lowest BCUT2D eigenvalue weighted by Crippen LogP contribution is -2.28. The van der Waals surface area contributed by atoms with Crippen LogP contribution in [0.5, 0.6) is 0 Å². The van der Waals surface area contributed by atoms with E-state index in [4.69, 9.17) is 0 Å². The van der Waals surface area contributed by atoms with Crippen LogP contribution in [-0.4, -0.2) is 20.4 Å². The van der Waals surface area contributed by atoms with Crippen molar-refractivity contribution in [1.82, 2.24) is 14.5 Å². The molecule has 0 atom stereocenters. The number of nitrogens with zero attached hydrogens (tertiary/aromatic N) is 3. The van der Waals surface area contributed by atoms with Gasteiger partial charge in [-0.2, -0.15) is 0 Å². The van der Waals surface area contributed by atoms with Crippen molar-refractivity contribution >= 4 is 22.6 Å². The smallest absolute Gasteiger partial charge is 0.263 e. The summed E-state index contributed by atoms with van der Waals surface area (Å²) >= 11 is 0. The van der Waals surface area contributed by atoms with Crippen LogP contribution >= 0.6 is 0 Å². The molecular formula is C15H10F2N4O2. The molecule has 0 fully saturated rings. The number of hydrogen-bond acceptors (Lipinski definition) is 4. The highest BCUT2D eigenvalue weighted by Crippen LogP contribution is 2.14. The zero-order chi connectivity index (χ0) is 16.4. The Hall–Kier alpha value is -3.16. The maximum Gasteiger partial charge on any atom is 0.263 e. The molecule has 1 N–H and O–H groups in total. The standard InChI is InChI=1S/C15H10F2N4O2/c16-9-3-4-12(11(17)6-9)20-13(22)7-21-8-19-14-10(15(21)23)2-1-5-18-14/h1-6,8H,7H2,(H,20,22). The lowest BCUT2D eigenvalue weighted by atomic mass is 10.3. The average molecular weight is 316 g/mol. The first-order valence-corrected chi connectivity index (χ1v) is 6.59. The fraction of sp³-hybridized carbons (Fsp3) is 0.0667. The Morgan fingerprint density at radius 3 is 2.83 bits per heavy atom. The summed E-state index contributed by atoms with van der Waals surface area (Å²) in [5.74, 6) is -2.28. The molecular weight excluding hydrogens is 306 g/mol. The molecule has 0 spiro atoms. The second kappa shape index (κ2) is 5.91. The Labute approximate surface area is 128 Å². The normalized spacial score (nSPS) is 10.7.